The molecule has 0 aliphatic rings. The van der Waals surface area contributed by atoms with E-state index in [1.165, 1.54) is 17.4 Å². The van der Waals surface area contributed by atoms with Gasteiger partial charge in [-0.15, -0.1) is 11.3 Å². The Morgan fingerprint density at radius 2 is 2.35 bits per heavy atom. The molecule has 4 nitrogen and oxygen atoms in total. The lowest BCUT2D eigenvalue weighted by molar-refractivity contribution is 0.395. The Morgan fingerprint density at radius 3 is 3.15 bits per heavy atom. The van der Waals surface area contributed by atoms with Crippen LogP contribution in [0, 0.1) is 5.82 Å². The van der Waals surface area contributed by atoms with Gasteiger partial charge in [0.25, 0.3) is 0 Å². The molecule has 0 aliphatic carbocycles. The molecule has 0 saturated carbocycles. The van der Waals surface area contributed by atoms with E-state index in [4.69, 9.17) is 16.3 Å². The number of nitrogens with one attached hydrogen (secondary N) is 1. The molecule has 0 bridgehead atoms. The van der Waals surface area contributed by atoms with E-state index in [0.717, 1.165) is 10.7 Å². The fraction of sp³-hybridized carbons (Fsp3) is 0.154. The third-order valence-corrected chi connectivity index (χ3v) is 3.96. The van der Waals surface area contributed by atoms with Gasteiger partial charge in [-0.2, -0.15) is 4.98 Å². The maximum Gasteiger partial charge on any atom is 0.238 e. The Kier molecular flexibility index (Phi) is 3.50. The SMILES string of the molecule is COc1nc2sccn2c1CNc1cccc(Cl)c1F. The Balaban J connectivity index is 1.89. The van der Waals surface area contributed by atoms with Crippen LogP contribution in [0.3, 0.4) is 0 Å². The van der Waals surface area contributed by atoms with Crippen molar-refractivity contribution in [2.45, 2.75) is 6.54 Å². The van der Waals surface area contributed by atoms with E-state index < -0.39 is 5.82 Å². The van der Waals surface area contributed by atoms with Crippen LogP contribution in [0.15, 0.2) is 29.8 Å². The first kappa shape index (κ1) is 13.2. The number of benzene rings is 1. The Morgan fingerprint density at radius 1 is 1.50 bits per heavy atom. The Labute approximate surface area is 123 Å². The fourth-order valence-electron chi connectivity index (χ4n) is 1.96. The average molecular weight is 312 g/mol. The molecule has 1 N–H and O–H groups in total. The fourth-order valence-corrected chi connectivity index (χ4v) is 2.86. The predicted octanol–water partition coefficient (Wildman–Crippen LogP) is 3.81. The molecule has 1 aromatic carbocycles. The number of hydrogen-bond acceptors (Lipinski definition) is 4. The third-order valence-electron chi connectivity index (χ3n) is 2.92. The summed E-state index contributed by atoms with van der Waals surface area (Å²) in [5.41, 5.74) is 1.19. The number of methoxy groups -OCH3 is 1. The monoisotopic (exact) mass is 311 g/mol. The molecule has 0 spiro atoms. The summed E-state index contributed by atoms with van der Waals surface area (Å²) in [7, 11) is 1.57. The second kappa shape index (κ2) is 5.30. The molecule has 3 rings (SSSR count). The molecule has 7 heteroatoms. The smallest absolute Gasteiger partial charge is 0.238 e. The highest BCUT2D eigenvalue weighted by Gasteiger charge is 2.14. The number of nitrogens with zero attached hydrogens (tertiary/aromatic N) is 2. The van der Waals surface area contributed by atoms with Gasteiger partial charge >= 0.3 is 0 Å². The van der Waals surface area contributed by atoms with Crippen LogP contribution in [0.4, 0.5) is 10.1 Å². The summed E-state index contributed by atoms with van der Waals surface area (Å²) in [6.45, 7) is 0.387. The summed E-state index contributed by atoms with van der Waals surface area (Å²) < 4.78 is 21.0. The van der Waals surface area contributed by atoms with Crippen molar-refractivity contribution in [3.05, 3.63) is 46.3 Å². The largest absolute Gasteiger partial charge is 0.480 e. The topological polar surface area (TPSA) is 38.6 Å². The molecule has 0 radical (unpaired) electrons. The van der Waals surface area contributed by atoms with Crippen LogP contribution in [0.5, 0.6) is 5.88 Å². The molecule has 0 unspecified atom stereocenters. The van der Waals surface area contributed by atoms with Crippen molar-refractivity contribution >= 4 is 33.6 Å². The van der Waals surface area contributed by atoms with Gasteiger partial charge in [-0.05, 0) is 12.1 Å². The zero-order valence-electron chi connectivity index (χ0n) is 10.6. The molecule has 0 aliphatic heterocycles. The van der Waals surface area contributed by atoms with E-state index in [0.29, 0.717) is 18.1 Å². The lowest BCUT2D eigenvalue weighted by Crippen LogP contribution is -2.05. The van der Waals surface area contributed by atoms with Crippen LogP contribution in [-0.4, -0.2) is 16.5 Å². The molecular weight excluding hydrogens is 301 g/mol. The van der Waals surface area contributed by atoms with Gasteiger partial charge in [0.1, 0.15) is 5.69 Å². The first-order valence-corrected chi connectivity index (χ1v) is 7.12. The molecular formula is C13H11ClFN3OS. The zero-order chi connectivity index (χ0) is 14.1. The summed E-state index contributed by atoms with van der Waals surface area (Å²) in [6.07, 6.45) is 1.90. The number of anilines is 1. The number of rotatable bonds is 4. The maximum atomic E-state index is 13.8. The first-order chi connectivity index (χ1) is 9.70. The standard InChI is InChI=1S/C13H11ClFN3OS/c1-19-12-10(18-5-6-20-13(18)17-12)7-16-9-4-2-3-8(14)11(9)15/h2-6,16H,7H2,1H3. The van der Waals surface area contributed by atoms with Crippen molar-refractivity contribution in [2.24, 2.45) is 0 Å². The second-order valence-corrected chi connectivity index (χ2v) is 5.36. The van der Waals surface area contributed by atoms with E-state index in [1.807, 2.05) is 16.0 Å². The lowest BCUT2D eigenvalue weighted by atomic mass is 10.3. The maximum absolute atomic E-state index is 13.8. The van der Waals surface area contributed by atoms with E-state index in [-0.39, 0.29) is 5.02 Å². The average Bonchev–Trinajstić information content (AvgIpc) is 3.01. The van der Waals surface area contributed by atoms with E-state index in [1.54, 1.807) is 19.2 Å². The van der Waals surface area contributed by atoms with Crippen molar-refractivity contribution in [3.8, 4) is 5.88 Å². The van der Waals surface area contributed by atoms with Crippen LogP contribution in [0.1, 0.15) is 5.69 Å². The molecule has 3 aromatic rings. The summed E-state index contributed by atoms with van der Waals surface area (Å²) in [6, 6.07) is 4.85. The van der Waals surface area contributed by atoms with Gasteiger partial charge in [-0.1, -0.05) is 17.7 Å². The highest BCUT2D eigenvalue weighted by atomic mass is 35.5. The van der Waals surface area contributed by atoms with Crippen molar-refractivity contribution in [3.63, 3.8) is 0 Å². The van der Waals surface area contributed by atoms with E-state index in [2.05, 4.69) is 10.3 Å². The predicted molar refractivity (Wildman–Crippen MR) is 78.4 cm³/mol. The number of hydrogen-bond donors (Lipinski definition) is 1. The van der Waals surface area contributed by atoms with Gasteiger partial charge in [0.15, 0.2) is 10.8 Å². The summed E-state index contributed by atoms with van der Waals surface area (Å²) >= 11 is 7.27. The van der Waals surface area contributed by atoms with Crippen LogP contribution in [0.2, 0.25) is 5.02 Å². The van der Waals surface area contributed by atoms with Crippen molar-refractivity contribution in [2.75, 3.05) is 12.4 Å². The highest BCUT2D eigenvalue weighted by molar-refractivity contribution is 7.15. The molecule has 2 aromatic heterocycles. The summed E-state index contributed by atoms with van der Waals surface area (Å²) in [5.74, 6) is 0.0750. The minimum atomic E-state index is -0.459. The Bertz CT molecular complexity index is 755. The minimum absolute atomic E-state index is 0.0935. The van der Waals surface area contributed by atoms with Gasteiger partial charge < -0.3 is 10.1 Å². The zero-order valence-corrected chi connectivity index (χ0v) is 12.1. The molecule has 2 heterocycles. The number of fused-ring (bicyclic) bond motifs is 1. The number of thiazole rings is 1. The van der Waals surface area contributed by atoms with Crippen LogP contribution < -0.4 is 10.1 Å². The number of imidazole rings is 1. The normalized spacial score (nSPS) is 10.9. The molecule has 20 heavy (non-hydrogen) atoms. The van der Waals surface area contributed by atoms with Gasteiger partial charge in [-0.3, -0.25) is 4.40 Å². The summed E-state index contributed by atoms with van der Waals surface area (Å²) in [4.78, 5) is 5.18. The van der Waals surface area contributed by atoms with Crippen LogP contribution in [-0.2, 0) is 6.54 Å². The Hall–Kier alpha value is -1.79. The van der Waals surface area contributed by atoms with Crippen LogP contribution >= 0.6 is 22.9 Å². The minimum Gasteiger partial charge on any atom is -0.480 e. The lowest BCUT2D eigenvalue weighted by Gasteiger charge is -2.08. The van der Waals surface area contributed by atoms with E-state index >= 15 is 0 Å². The molecule has 0 atom stereocenters. The van der Waals surface area contributed by atoms with E-state index in [9.17, 15) is 4.39 Å². The van der Waals surface area contributed by atoms with Crippen molar-refractivity contribution in [1.29, 1.82) is 0 Å². The molecule has 0 fully saturated rings. The van der Waals surface area contributed by atoms with Gasteiger partial charge in [-0.25, -0.2) is 4.39 Å². The molecule has 0 saturated heterocycles. The van der Waals surface area contributed by atoms with Gasteiger partial charge in [0.2, 0.25) is 5.88 Å². The second-order valence-electron chi connectivity index (χ2n) is 4.08. The van der Waals surface area contributed by atoms with Crippen molar-refractivity contribution in [1.82, 2.24) is 9.38 Å². The quantitative estimate of drug-likeness (QED) is 0.796. The third kappa shape index (κ3) is 2.21. The van der Waals surface area contributed by atoms with Crippen molar-refractivity contribution < 1.29 is 9.13 Å². The number of aromatic nitrogens is 2. The molecule has 104 valence electrons. The van der Waals surface area contributed by atoms with Gasteiger partial charge in [0, 0.05) is 11.6 Å². The number of ether oxygens (including phenoxy) is 1. The highest BCUT2D eigenvalue weighted by Crippen LogP contribution is 2.26. The number of halogens is 2. The summed E-state index contributed by atoms with van der Waals surface area (Å²) in [5, 5.41) is 5.05. The van der Waals surface area contributed by atoms with Gasteiger partial charge in [0.05, 0.1) is 24.4 Å². The molecule has 0 amide bonds. The first-order valence-electron chi connectivity index (χ1n) is 5.87. The van der Waals surface area contributed by atoms with Crippen LogP contribution in [0.25, 0.3) is 4.96 Å².